The first-order valence-corrected chi connectivity index (χ1v) is 7.33. The van der Waals surface area contributed by atoms with Crippen LogP contribution in [0.2, 0.25) is 0 Å². The predicted octanol–water partition coefficient (Wildman–Crippen LogP) is 2.44. The van der Waals surface area contributed by atoms with Gasteiger partial charge in [0.25, 0.3) is 0 Å². The van der Waals surface area contributed by atoms with Gasteiger partial charge in [-0.3, -0.25) is 0 Å². The minimum Gasteiger partial charge on any atom is -0.444 e. The lowest BCUT2D eigenvalue weighted by atomic mass is 9.58. The Kier molecular flexibility index (Phi) is 3.72. The molecular weight excluding hydrogens is 256 g/mol. The van der Waals surface area contributed by atoms with Crippen molar-refractivity contribution in [2.75, 3.05) is 13.1 Å². The van der Waals surface area contributed by atoms with E-state index >= 15 is 0 Å². The third-order valence-corrected chi connectivity index (χ3v) is 4.55. The van der Waals surface area contributed by atoms with Crippen molar-refractivity contribution in [3.63, 3.8) is 0 Å². The van der Waals surface area contributed by atoms with E-state index in [4.69, 9.17) is 4.74 Å². The highest BCUT2D eigenvalue weighted by Crippen LogP contribution is 2.51. The van der Waals surface area contributed by atoms with E-state index in [9.17, 15) is 15.2 Å². The highest BCUT2D eigenvalue weighted by Gasteiger charge is 2.55. The van der Waals surface area contributed by atoms with Crippen LogP contribution in [-0.4, -0.2) is 40.4 Å². The number of ether oxygens (including phenoxy) is 1. The van der Waals surface area contributed by atoms with Crippen LogP contribution >= 0.6 is 0 Å². The lowest BCUT2D eigenvalue weighted by Gasteiger charge is -2.51. The highest BCUT2D eigenvalue weighted by atomic mass is 16.6. The highest BCUT2D eigenvalue weighted by molar-refractivity contribution is 5.68. The van der Waals surface area contributed by atoms with Crippen molar-refractivity contribution in [2.45, 2.75) is 64.1 Å². The van der Waals surface area contributed by atoms with Gasteiger partial charge in [0.05, 0.1) is 17.1 Å². The molecule has 2 aliphatic rings. The zero-order valence-electron chi connectivity index (χ0n) is 12.6. The second-order valence-electron chi connectivity index (χ2n) is 7.05. The first-order valence-electron chi connectivity index (χ1n) is 7.33. The van der Waals surface area contributed by atoms with Gasteiger partial charge in [0.2, 0.25) is 0 Å². The Hall–Kier alpha value is -1.28. The monoisotopic (exact) mass is 280 g/mol. The van der Waals surface area contributed by atoms with Gasteiger partial charge in [0, 0.05) is 13.1 Å². The van der Waals surface area contributed by atoms with Gasteiger partial charge >= 0.3 is 6.09 Å². The van der Waals surface area contributed by atoms with Crippen LogP contribution in [0.1, 0.15) is 52.9 Å². The van der Waals surface area contributed by atoms with Crippen LogP contribution < -0.4 is 0 Å². The summed E-state index contributed by atoms with van der Waals surface area (Å²) in [6.07, 6.45) is 3.11. The van der Waals surface area contributed by atoms with Crippen LogP contribution in [-0.2, 0) is 4.74 Å². The summed E-state index contributed by atoms with van der Waals surface area (Å²) >= 11 is 0. The summed E-state index contributed by atoms with van der Waals surface area (Å²) < 4.78 is 5.35. The molecule has 1 saturated carbocycles. The molecule has 2 fully saturated rings. The number of piperidine rings is 1. The Bertz CT molecular complexity index is 421. The molecule has 1 saturated heterocycles. The molecule has 5 heteroatoms. The smallest absolute Gasteiger partial charge is 0.410 e. The fourth-order valence-electron chi connectivity index (χ4n) is 3.07. The maximum Gasteiger partial charge on any atom is 0.410 e. The fraction of sp³-hybridized carbons (Fsp3) is 0.867. The van der Waals surface area contributed by atoms with Crippen molar-refractivity contribution in [2.24, 2.45) is 5.41 Å². The van der Waals surface area contributed by atoms with Crippen LogP contribution in [0.3, 0.4) is 0 Å². The van der Waals surface area contributed by atoms with Crippen LogP contribution in [0.4, 0.5) is 4.79 Å². The summed E-state index contributed by atoms with van der Waals surface area (Å²) in [7, 11) is 0. The zero-order chi connectivity index (χ0) is 15.0. The van der Waals surface area contributed by atoms with Gasteiger partial charge < -0.3 is 14.7 Å². The summed E-state index contributed by atoms with van der Waals surface area (Å²) in [5.74, 6) is 0. The van der Waals surface area contributed by atoms with Crippen molar-refractivity contribution < 1.29 is 14.6 Å². The number of amides is 1. The van der Waals surface area contributed by atoms with Gasteiger partial charge in [-0.05, 0) is 52.9 Å². The van der Waals surface area contributed by atoms with E-state index in [0.29, 0.717) is 38.8 Å². The molecule has 0 unspecified atom stereocenters. The van der Waals surface area contributed by atoms with E-state index in [2.05, 4.69) is 6.07 Å². The van der Waals surface area contributed by atoms with E-state index in [1.165, 1.54) is 0 Å². The fourth-order valence-corrected chi connectivity index (χ4v) is 3.07. The molecule has 1 amide bonds. The Morgan fingerprint density at radius 2 is 1.80 bits per heavy atom. The number of hydrogen-bond acceptors (Lipinski definition) is 4. The second kappa shape index (κ2) is 4.92. The van der Waals surface area contributed by atoms with Gasteiger partial charge in [0.15, 0.2) is 0 Å². The van der Waals surface area contributed by atoms with Crippen molar-refractivity contribution in [3.8, 4) is 6.07 Å². The number of aliphatic hydroxyl groups is 1. The average molecular weight is 280 g/mol. The molecule has 0 aromatic heterocycles. The quantitative estimate of drug-likeness (QED) is 0.800. The van der Waals surface area contributed by atoms with E-state index in [0.717, 1.165) is 6.42 Å². The maximum absolute atomic E-state index is 12.0. The van der Waals surface area contributed by atoms with Crippen LogP contribution in [0, 0.1) is 16.7 Å². The molecular formula is C15H24N2O3. The molecule has 0 spiro atoms. The van der Waals surface area contributed by atoms with Gasteiger partial charge in [-0.2, -0.15) is 5.26 Å². The largest absolute Gasteiger partial charge is 0.444 e. The minimum absolute atomic E-state index is 0.329. The molecule has 1 aliphatic heterocycles. The number of likely N-dealkylation sites (tertiary alicyclic amines) is 1. The van der Waals surface area contributed by atoms with E-state index in [-0.39, 0.29) is 6.09 Å². The number of carbonyl (C=O) groups is 1. The van der Waals surface area contributed by atoms with Crippen LogP contribution in [0.5, 0.6) is 0 Å². The van der Waals surface area contributed by atoms with Crippen molar-refractivity contribution in [3.05, 3.63) is 0 Å². The summed E-state index contributed by atoms with van der Waals surface area (Å²) in [5, 5.41) is 20.0. The molecule has 0 atom stereocenters. The number of nitrogens with zero attached hydrogens (tertiary/aromatic N) is 2. The van der Waals surface area contributed by atoms with Crippen LogP contribution in [0.15, 0.2) is 0 Å². The normalized spacial score (nSPS) is 24.4. The number of nitriles is 1. The first kappa shape index (κ1) is 15.1. The Balaban J connectivity index is 1.98. The Morgan fingerprint density at radius 3 is 2.15 bits per heavy atom. The average Bonchev–Trinajstić information content (AvgIpc) is 2.34. The molecule has 2 rings (SSSR count). The number of carbonyl (C=O) groups excluding carboxylic acids is 1. The first-order chi connectivity index (χ1) is 9.21. The molecule has 1 N–H and O–H groups in total. The van der Waals surface area contributed by atoms with Crippen LogP contribution in [0.25, 0.3) is 0 Å². The van der Waals surface area contributed by atoms with Crippen molar-refractivity contribution >= 4 is 6.09 Å². The van der Waals surface area contributed by atoms with Crippen molar-refractivity contribution in [1.82, 2.24) is 4.90 Å². The number of rotatable bonds is 1. The molecule has 0 aromatic rings. The number of hydrogen-bond donors (Lipinski definition) is 1. The van der Waals surface area contributed by atoms with Gasteiger partial charge in [-0.15, -0.1) is 0 Å². The van der Waals surface area contributed by atoms with E-state index in [1.807, 2.05) is 20.8 Å². The molecule has 0 bridgehead atoms. The van der Waals surface area contributed by atoms with Crippen molar-refractivity contribution in [1.29, 1.82) is 5.26 Å². The minimum atomic E-state index is -0.845. The Labute approximate surface area is 120 Å². The third kappa shape index (κ3) is 2.62. The van der Waals surface area contributed by atoms with E-state index in [1.54, 1.807) is 4.90 Å². The summed E-state index contributed by atoms with van der Waals surface area (Å²) in [6, 6.07) is 2.34. The molecule has 0 radical (unpaired) electrons. The lowest BCUT2D eigenvalue weighted by molar-refractivity contribution is -0.133. The zero-order valence-corrected chi connectivity index (χ0v) is 12.6. The van der Waals surface area contributed by atoms with Gasteiger partial charge in [-0.25, -0.2) is 4.79 Å². The third-order valence-electron chi connectivity index (χ3n) is 4.55. The molecule has 5 nitrogen and oxygen atoms in total. The lowest BCUT2D eigenvalue weighted by Crippen LogP contribution is -2.57. The molecule has 0 aromatic carbocycles. The second-order valence-corrected chi connectivity index (χ2v) is 7.05. The van der Waals surface area contributed by atoms with Gasteiger partial charge in [-0.1, -0.05) is 0 Å². The van der Waals surface area contributed by atoms with E-state index < -0.39 is 16.6 Å². The molecule has 1 aliphatic carbocycles. The predicted molar refractivity (Wildman–Crippen MR) is 73.9 cm³/mol. The summed E-state index contributed by atoms with van der Waals surface area (Å²) in [6.45, 7) is 6.47. The SMILES string of the molecule is CC(C)(C)OC(=O)N1CCC(C#N)(C2(O)CCC2)CC1. The maximum atomic E-state index is 12.0. The molecule has 20 heavy (non-hydrogen) atoms. The summed E-state index contributed by atoms with van der Waals surface area (Å²) in [4.78, 5) is 13.6. The Morgan fingerprint density at radius 1 is 1.25 bits per heavy atom. The summed E-state index contributed by atoms with van der Waals surface area (Å²) in [5.41, 5.74) is -2.04. The molecule has 1 heterocycles. The molecule has 112 valence electrons. The van der Waals surface area contributed by atoms with Gasteiger partial charge in [0.1, 0.15) is 5.60 Å². The topological polar surface area (TPSA) is 73.6 Å². The standard InChI is InChI=1S/C15H24N2O3/c1-13(2,3)20-12(18)17-9-7-14(11-16,8-10-17)15(19)5-4-6-15/h19H,4-10H2,1-3H3.